The highest BCUT2D eigenvalue weighted by Gasteiger charge is 2.23. The minimum Gasteiger partial charge on any atom is -0.337 e. The number of nitrogens with zero attached hydrogens (tertiary/aromatic N) is 4. The predicted molar refractivity (Wildman–Crippen MR) is 99.1 cm³/mol. The van der Waals surface area contributed by atoms with Gasteiger partial charge in [-0.2, -0.15) is 4.98 Å². The summed E-state index contributed by atoms with van der Waals surface area (Å²) in [5, 5.41) is 4.36. The standard InChI is InChI=1S/C15H12Cl2N6S/c16-9-7-20-15(17)22-14(9)21-11-4-3-10-12(19-6-5-18-10)13(11)23-24-8-1-2-8/h3-8,23H,1-2H2,(H,20,21,22). The summed E-state index contributed by atoms with van der Waals surface area (Å²) in [7, 11) is 0. The monoisotopic (exact) mass is 378 g/mol. The van der Waals surface area contributed by atoms with Crippen LogP contribution in [-0.2, 0) is 0 Å². The van der Waals surface area contributed by atoms with Crippen LogP contribution in [0, 0.1) is 0 Å². The van der Waals surface area contributed by atoms with Gasteiger partial charge in [-0.1, -0.05) is 11.6 Å². The van der Waals surface area contributed by atoms with E-state index in [0.29, 0.717) is 16.1 Å². The lowest BCUT2D eigenvalue weighted by Gasteiger charge is -2.15. The van der Waals surface area contributed by atoms with Gasteiger partial charge >= 0.3 is 0 Å². The van der Waals surface area contributed by atoms with Gasteiger partial charge < -0.3 is 10.0 Å². The number of nitrogens with one attached hydrogen (secondary N) is 2. The molecule has 0 bridgehead atoms. The second kappa shape index (κ2) is 6.58. The number of aromatic nitrogens is 4. The first-order chi connectivity index (χ1) is 11.7. The Kier molecular flexibility index (Phi) is 4.30. The molecule has 3 aromatic rings. The summed E-state index contributed by atoms with van der Waals surface area (Å²) in [6.45, 7) is 0. The highest BCUT2D eigenvalue weighted by molar-refractivity contribution is 8.01. The molecule has 0 unspecified atom stereocenters. The molecule has 122 valence electrons. The van der Waals surface area contributed by atoms with Crippen LogP contribution >= 0.6 is 35.1 Å². The summed E-state index contributed by atoms with van der Waals surface area (Å²) in [5.41, 5.74) is 3.25. The van der Waals surface area contributed by atoms with Crippen molar-refractivity contribution in [3.05, 3.63) is 41.0 Å². The van der Waals surface area contributed by atoms with Crippen molar-refractivity contribution >= 4 is 63.4 Å². The molecule has 9 heteroatoms. The molecule has 1 saturated carbocycles. The van der Waals surface area contributed by atoms with Gasteiger partial charge in [0.25, 0.3) is 0 Å². The van der Waals surface area contributed by atoms with Crippen LogP contribution < -0.4 is 10.0 Å². The zero-order valence-corrected chi connectivity index (χ0v) is 14.7. The van der Waals surface area contributed by atoms with Crippen molar-refractivity contribution in [1.29, 1.82) is 0 Å². The molecule has 0 amide bonds. The third-order valence-electron chi connectivity index (χ3n) is 3.46. The first-order valence-corrected chi connectivity index (χ1v) is 8.95. The lowest BCUT2D eigenvalue weighted by molar-refractivity contribution is 1.17. The van der Waals surface area contributed by atoms with Crippen LogP contribution in [0.5, 0.6) is 0 Å². The molecule has 0 spiro atoms. The van der Waals surface area contributed by atoms with Gasteiger partial charge in [-0.3, -0.25) is 9.97 Å². The Morgan fingerprint density at radius 2 is 1.92 bits per heavy atom. The topological polar surface area (TPSA) is 75.6 Å². The van der Waals surface area contributed by atoms with E-state index in [9.17, 15) is 0 Å². The molecule has 1 aromatic carbocycles. The molecule has 1 aliphatic carbocycles. The van der Waals surface area contributed by atoms with Crippen molar-refractivity contribution in [3.8, 4) is 0 Å². The van der Waals surface area contributed by atoms with E-state index < -0.39 is 0 Å². The first kappa shape index (κ1) is 15.7. The fourth-order valence-corrected chi connectivity index (χ4v) is 3.27. The smallest absolute Gasteiger partial charge is 0.224 e. The number of halogens is 2. The maximum Gasteiger partial charge on any atom is 0.224 e. The SMILES string of the molecule is Clc1ncc(Cl)c(Nc2ccc3nccnc3c2NSC2CC2)n1. The van der Waals surface area contributed by atoms with Crippen LogP contribution in [0.15, 0.2) is 30.7 Å². The van der Waals surface area contributed by atoms with E-state index in [0.717, 1.165) is 22.4 Å². The average Bonchev–Trinajstić information content (AvgIpc) is 3.41. The Morgan fingerprint density at radius 1 is 1.08 bits per heavy atom. The first-order valence-electron chi connectivity index (χ1n) is 7.31. The van der Waals surface area contributed by atoms with E-state index in [4.69, 9.17) is 23.2 Å². The number of hydrogen-bond acceptors (Lipinski definition) is 7. The summed E-state index contributed by atoms with van der Waals surface area (Å²) in [5.74, 6) is 0.444. The van der Waals surface area contributed by atoms with Crippen molar-refractivity contribution < 1.29 is 0 Å². The van der Waals surface area contributed by atoms with E-state index in [1.54, 1.807) is 24.3 Å². The molecule has 0 atom stereocenters. The minimum absolute atomic E-state index is 0.129. The van der Waals surface area contributed by atoms with Crippen LogP contribution in [0.3, 0.4) is 0 Å². The van der Waals surface area contributed by atoms with E-state index >= 15 is 0 Å². The molecular formula is C15H12Cl2N6S. The number of rotatable bonds is 5. The van der Waals surface area contributed by atoms with E-state index in [1.165, 1.54) is 19.0 Å². The summed E-state index contributed by atoms with van der Waals surface area (Å²) in [6.07, 6.45) is 7.27. The zero-order valence-electron chi connectivity index (χ0n) is 12.3. The second-order valence-corrected chi connectivity index (χ2v) is 7.14. The molecule has 4 rings (SSSR count). The summed E-state index contributed by atoms with van der Waals surface area (Å²) in [4.78, 5) is 16.8. The molecule has 24 heavy (non-hydrogen) atoms. The van der Waals surface area contributed by atoms with Crippen LogP contribution in [0.2, 0.25) is 10.3 Å². The maximum atomic E-state index is 6.15. The number of benzene rings is 1. The molecular weight excluding hydrogens is 367 g/mol. The molecule has 2 heterocycles. The van der Waals surface area contributed by atoms with Gasteiger partial charge in [0.05, 0.1) is 23.1 Å². The number of hydrogen-bond donors (Lipinski definition) is 2. The highest BCUT2D eigenvalue weighted by Crippen LogP contribution is 2.39. The quantitative estimate of drug-likeness (QED) is 0.492. The molecule has 6 nitrogen and oxygen atoms in total. The molecule has 2 aromatic heterocycles. The van der Waals surface area contributed by atoms with Gasteiger partial charge in [0, 0.05) is 17.6 Å². The van der Waals surface area contributed by atoms with E-state index in [2.05, 4.69) is 30.0 Å². The largest absolute Gasteiger partial charge is 0.337 e. The highest BCUT2D eigenvalue weighted by atomic mass is 35.5. The Hall–Kier alpha value is -1.83. The molecule has 2 N–H and O–H groups in total. The number of anilines is 3. The van der Waals surface area contributed by atoms with Gasteiger partial charge in [-0.05, 0) is 48.5 Å². The summed E-state index contributed by atoms with van der Waals surface area (Å²) >= 11 is 13.7. The van der Waals surface area contributed by atoms with Crippen LogP contribution in [0.4, 0.5) is 17.2 Å². The van der Waals surface area contributed by atoms with Crippen LogP contribution in [-0.4, -0.2) is 25.2 Å². The Bertz CT molecular complexity index is 902. The third kappa shape index (κ3) is 3.33. The van der Waals surface area contributed by atoms with E-state index in [1.807, 2.05) is 12.1 Å². The molecule has 1 aliphatic rings. The van der Waals surface area contributed by atoms with Gasteiger partial charge in [-0.15, -0.1) is 0 Å². The Balaban J connectivity index is 1.75. The third-order valence-corrected chi connectivity index (χ3v) is 5.05. The lowest BCUT2D eigenvalue weighted by atomic mass is 10.2. The van der Waals surface area contributed by atoms with Gasteiger partial charge in [-0.25, -0.2) is 4.98 Å². The van der Waals surface area contributed by atoms with Crippen molar-refractivity contribution in [2.24, 2.45) is 0 Å². The fraction of sp³-hybridized carbons (Fsp3) is 0.200. The molecule has 1 fully saturated rings. The molecule has 0 aliphatic heterocycles. The van der Waals surface area contributed by atoms with Gasteiger partial charge in [0.1, 0.15) is 10.5 Å². The second-order valence-electron chi connectivity index (χ2n) is 5.29. The van der Waals surface area contributed by atoms with Crippen molar-refractivity contribution in [2.75, 3.05) is 10.0 Å². The number of fused-ring (bicyclic) bond motifs is 1. The Morgan fingerprint density at radius 3 is 2.75 bits per heavy atom. The molecule has 0 saturated heterocycles. The summed E-state index contributed by atoms with van der Waals surface area (Å²) < 4.78 is 3.40. The van der Waals surface area contributed by atoms with Gasteiger partial charge in [0.15, 0.2) is 5.82 Å². The minimum atomic E-state index is 0.129. The van der Waals surface area contributed by atoms with Crippen molar-refractivity contribution in [3.63, 3.8) is 0 Å². The normalized spacial score (nSPS) is 13.9. The predicted octanol–water partition coefficient (Wildman–Crippen LogP) is 4.69. The van der Waals surface area contributed by atoms with Gasteiger partial charge in [0.2, 0.25) is 5.28 Å². The zero-order chi connectivity index (χ0) is 16.5. The molecule has 0 radical (unpaired) electrons. The summed E-state index contributed by atoms with van der Waals surface area (Å²) in [6, 6.07) is 3.81. The van der Waals surface area contributed by atoms with Crippen molar-refractivity contribution in [2.45, 2.75) is 18.1 Å². The van der Waals surface area contributed by atoms with E-state index in [-0.39, 0.29) is 5.28 Å². The van der Waals surface area contributed by atoms with Crippen LogP contribution in [0.25, 0.3) is 11.0 Å². The maximum absolute atomic E-state index is 6.15. The van der Waals surface area contributed by atoms with Crippen LogP contribution in [0.1, 0.15) is 12.8 Å². The van der Waals surface area contributed by atoms with Crippen molar-refractivity contribution in [1.82, 2.24) is 19.9 Å². The average molecular weight is 379 g/mol. The lowest BCUT2D eigenvalue weighted by Crippen LogP contribution is -2.02. The Labute approximate surface area is 152 Å². The fourth-order valence-electron chi connectivity index (χ4n) is 2.13.